The van der Waals surface area contributed by atoms with Crippen LogP contribution in [0.2, 0.25) is 0 Å². The monoisotopic (exact) mass is 320 g/mol. The maximum absolute atomic E-state index is 12.6. The number of benzene rings is 1. The molecule has 0 amide bonds. The Bertz CT molecular complexity index is 941. The van der Waals surface area contributed by atoms with Crippen molar-refractivity contribution in [2.24, 2.45) is 0 Å². The van der Waals surface area contributed by atoms with E-state index in [1.54, 1.807) is 10.5 Å². The molecule has 2 aromatic heterocycles. The second-order valence-electron chi connectivity index (χ2n) is 6.20. The van der Waals surface area contributed by atoms with Gasteiger partial charge in [0.25, 0.3) is 5.56 Å². The number of aromatic nitrogens is 2. The lowest BCUT2D eigenvalue weighted by molar-refractivity contribution is 0.588. The van der Waals surface area contributed by atoms with Crippen molar-refractivity contribution in [3.63, 3.8) is 0 Å². The fraction of sp³-hybridized carbons (Fsp3) is 0.263. The van der Waals surface area contributed by atoms with Crippen molar-refractivity contribution in [1.29, 1.82) is 0 Å². The molecule has 122 valence electrons. The highest BCUT2D eigenvalue weighted by atomic mass is 16.1. The lowest BCUT2D eigenvalue weighted by atomic mass is 10.1. The van der Waals surface area contributed by atoms with E-state index in [4.69, 9.17) is 0 Å². The van der Waals surface area contributed by atoms with Gasteiger partial charge in [-0.15, -0.1) is 0 Å². The van der Waals surface area contributed by atoms with E-state index < -0.39 is 0 Å². The zero-order valence-electron chi connectivity index (χ0n) is 13.7. The maximum atomic E-state index is 12.6. The second kappa shape index (κ2) is 6.09. The van der Waals surface area contributed by atoms with Crippen LogP contribution in [0.1, 0.15) is 5.56 Å². The number of hydrogen-bond donors (Lipinski definition) is 1. The summed E-state index contributed by atoms with van der Waals surface area (Å²) in [7, 11) is 0. The topological polar surface area (TPSA) is 49.6 Å². The van der Waals surface area contributed by atoms with Crippen molar-refractivity contribution in [3.8, 4) is 11.3 Å². The average Bonchev–Trinajstić information content (AvgIpc) is 2.62. The third-order valence-corrected chi connectivity index (χ3v) is 4.44. The smallest absolute Gasteiger partial charge is 0.258 e. The fourth-order valence-electron chi connectivity index (χ4n) is 3.15. The third kappa shape index (κ3) is 2.78. The maximum Gasteiger partial charge on any atom is 0.258 e. The zero-order chi connectivity index (χ0) is 16.5. The van der Waals surface area contributed by atoms with E-state index >= 15 is 0 Å². The summed E-state index contributed by atoms with van der Waals surface area (Å²) in [6.45, 7) is 5.89. The summed E-state index contributed by atoms with van der Waals surface area (Å²) in [6.07, 6.45) is 1.90. The number of aryl methyl sites for hydroxylation is 1. The van der Waals surface area contributed by atoms with Gasteiger partial charge in [0.1, 0.15) is 5.65 Å². The molecule has 1 N–H and O–H groups in total. The van der Waals surface area contributed by atoms with Gasteiger partial charge in [0.15, 0.2) is 0 Å². The van der Waals surface area contributed by atoms with Crippen LogP contribution >= 0.6 is 0 Å². The highest BCUT2D eigenvalue weighted by Crippen LogP contribution is 2.19. The first-order valence-electron chi connectivity index (χ1n) is 8.27. The number of hydrogen-bond acceptors (Lipinski definition) is 4. The molecule has 0 saturated carbocycles. The summed E-state index contributed by atoms with van der Waals surface area (Å²) < 4.78 is 1.64. The molecule has 0 spiro atoms. The predicted molar refractivity (Wildman–Crippen MR) is 96.7 cm³/mol. The third-order valence-electron chi connectivity index (χ3n) is 4.44. The minimum atomic E-state index is -0.0477. The summed E-state index contributed by atoms with van der Waals surface area (Å²) in [5, 5.41) is 3.34. The minimum absolute atomic E-state index is 0.0477. The molecule has 3 heterocycles. The average molecular weight is 320 g/mol. The number of piperazine rings is 1. The molecule has 0 bridgehead atoms. The Morgan fingerprint density at radius 1 is 1.08 bits per heavy atom. The number of fused-ring (bicyclic) bond motifs is 1. The van der Waals surface area contributed by atoms with E-state index in [1.165, 1.54) is 0 Å². The van der Waals surface area contributed by atoms with Crippen molar-refractivity contribution >= 4 is 11.3 Å². The predicted octanol–water partition coefficient (Wildman–Crippen LogP) is 2.08. The first-order chi connectivity index (χ1) is 11.7. The van der Waals surface area contributed by atoms with Crippen molar-refractivity contribution < 1.29 is 0 Å². The van der Waals surface area contributed by atoms with E-state index in [-0.39, 0.29) is 5.56 Å². The van der Waals surface area contributed by atoms with Gasteiger partial charge >= 0.3 is 0 Å². The summed E-state index contributed by atoms with van der Waals surface area (Å²) >= 11 is 0. The van der Waals surface area contributed by atoms with Crippen molar-refractivity contribution in [2.45, 2.75) is 6.92 Å². The van der Waals surface area contributed by atoms with Crippen LogP contribution < -0.4 is 15.8 Å². The molecule has 0 aliphatic carbocycles. The Morgan fingerprint density at radius 3 is 2.71 bits per heavy atom. The fourth-order valence-corrected chi connectivity index (χ4v) is 3.15. The Balaban J connectivity index is 1.78. The quantitative estimate of drug-likeness (QED) is 0.785. The van der Waals surface area contributed by atoms with Crippen LogP contribution in [-0.2, 0) is 0 Å². The first kappa shape index (κ1) is 14.9. The normalized spacial score (nSPS) is 15.0. The van der Waals surface area contributed by atoms with Crippen molar-refractivity contribution in [3.05, 3.63) is 64.6 Å². The number of rotatable bonds is 2. The van der Waals surface area contributed by atoms with Gasteiger partial charge in [-0.25, -0.2) is 4.98 Å². The first-order valence-corrected chi connectivity index (χ1v) is 8.27. The lowest BCUT2D eigenvalue weighted by Crippen LogP contribution is -2.43. The number of nitrogens with one attached hydrogen (secondary N) is 1. The summed E-state index contributed by atoms with van der Waals surface area (Å²) in [5.41, 5.74) is 4.55. The van der Waals surface area contributed by atoms with Gasteiger partial charge in [0.2, 0.25) is 0 Å². The Labute approximate surface area is 140 Å². The molecule has 1 fully saturated rings. The number of nitrogens with zero attached hydrogens (tertiary/aromatic N) is 3. The van der Waals surface area contributed by atoms with Crippen LogP contribution in [0.25, 0.3) is 16.9 Å². The number of pyridine rings is 1. The largest absolute Gasteiger partial charge is 0.368 e. The van der Waals surface area contributed by atoms with E-state index in [9.17, 15) is 4.79 Å². The molecule has 3 aromatic rings. The summed E-state index contributed by atoms with van der Waals surface area (Å²) in [5.74, 6) is 0. The SMILES string of the molecule is Cc1cccc(-c2cc(=O)n3cc(N4CCNCC4)ccc3n2)c1. The minimum Gasteiger partial charge on any atom is -0.368 e. The van der Waals surface area contributed by atoms with Crippen molar-refractivity contribution in [1.82, 2.24) is 14.7 Å². The molecule has 1 saturated heterocycles. The van der Waals surface area contributed by atoms with E-state index in [2.05, 4.69) is 15.2 Å². The van der Waals surface area contributed by atoms with E-state index in [0.29, 0.717) is 5.65 Å². The van der Waals surface area contributed by atoms with E-state index in [0.717, 1.165) is 48.7 Å². The molecule has 0 unspecified atom stereocenters. The van der Waals surface area contributed by atoms with Gasteiger partial charge in [0, 0.05) is 44.0 Å². The Morgan fingerprint density at radius 2 is 1.92 bits per heavy atom. The van der Waals surface area contributed by atoms with Crippen LogP contribution in [-0.4, -0.2) is 35.6 Å². The molecule has 1 aliphatic rings. The lowest BCUT2D eigenvalue weighted by Gasteiger charge is -2.29. The molecular weight excluding hydrogens is 300 g/mol. The van der Waals surface area contributed by atoms with Crippen LogP contribution in [0.15, 0.2) is 53.5 Å². The van der Waals surface area contributed by atoms with Gasteiger partial charge in [0.05, 0.1) is 11.4 Å². The highest BCUT2D eigenvalue weighted by molar-refractivity contribution is 5.63. The molecule has 0 atom stereocenters. The summed E-state index contributed by atoms with van der Waals surface area (Å²) in [6, 6.07) is 13.7. The van der Waals surface area contributed by atoms with E-state index in [1.807, 2.05) is 49.5 Å². The van der Waals surface area contributed by atoms with Crippen LogP contribution in [0.3, 0.4) is 0 Å². The van der Waals surface area contributed by atoms with Crippen LogP contribution in [0.4, 0.5) is 5.69 Å². The summed E-state index contributed by atoms with van der Waals surface area (Å²) in [4.78, 5) is 19.5. The molecular formula is C19H20N4O. The van der Waals surface area contributed by atoms with Gasteiger partial charge in [-0.3, -0.25) is 9.20 Å². The standard InChI is InChI=1S/C19H20N4O/c1-14-3-2-4-15(11-14)17-12-19(24)23-13-16(5-6-18(23)21-17)22-9-7-20-8-10-22/h2-6,11-13,20H,7-10H2,1H3. The van der Waals surface area contributed by atoms with Crippen LogP contribution in [0, 0.1) is 6.92 Å². The molecule has 5 heteroatoms. The Kier molecular flexibility index (Phi) is 3.78. The van der Waals surface area contributed by atoms with Crippen LogP contribution in [0.5, 0.6) is 0 Å². The molecule has 0 radical (unpaired) electrons. The Hall–Kier alpha value is -2.66. The van der Waals surface area contributed by atoms with Gasteiger partial charge < -0.3 is 10.2 Å². The van der Waals surface area contributed by atoms with Gasteiger partial charge in [-0.2, -0.15) is 0 Å². The molecule has 1 aliphatic heterocycles. The van der Waals surface area contributed by atoms with Gasteiger partial charge in [-0.05, 0) is 25.1 Å². The zero-order valence-corrected chi connectivity index (χ0v) is 13.7. The van der Waals surface area contributed by atoms with Gasteiger partial charge in [-0.1, -0.05) is 23.8 Å². The van der Waals surface area contributed by atoms with Crippen molar-refractivity contribution in [2.75, 3.05) is 31.1 Å². The molecule has 5 nitrogen and oxygen atoms in total. The molecule has 4 rings (SSSR count). The number of anilines is 1. The highest BCUT2D eigenvalue weighted by Gasteiger charge is 2.12. The molecule has 24 heavy (non-hydrogen) atoms. The second-order valence-corrected chi connectivity index (χ2v) is 6.20. The molecule has 1 aromatic carbocycles.